The van der Waals surface area contributed by atoms with Crippen LogP contribution >= 0.6 is 0 Å². The smallest absolute Gasteiger partial charge is 0.494 e. The van der Waals surface area contributed by atoms with Crippen molar-refractivity contribution in [3.05, 3.63) is 24.3 Å². The molecule has 0 fully saturated rings. The standard InChI is InChI=1S/C10H13BF3O3S.K/c1-18(15,16)7-3-6-17-10-5-2-4-9(8-10)11(12,13)14;/h2,4-5,8H,3,6-7H2,1H3;/q-1;+1. The molecule has 0 saturated carbocycles. The van der Waals surface area contributed by atoms with E-state index in [9.17, 15) is 21.4 Å². The Hall–Kier alpha value is 0.461. The Kier molecular flexibility index (Phi) is 8.23. The molecule has 0 amide bonds. The Labute approximate surface area is 153 Å². The fourth-order valence-electron chi connectivity index (χ4n) is 1.32. The van der Waals surface area contributed by atoms with Gasteiger partial charge in [-0.25, -0.2) is 8.42 Å². The summed E-state index contributed by atoms with van der Waals surface area (Å²) in [5, 5.41) is 0. The van der Waals surface area contributed by atoms with Gasteiger partial charge in [-0.05, 0) is 18.6 Å². The van der Waals surface area contributed by atoms with Gasteiger partial charge in [0.1, 0.15) is 15.6 Å². The summed E-state index contributed by atoms with van der Waals surface area (Å²) < 4.78 is 64.1. The summed E-state index contributed by atoms with van der Waals surface area (Å²) in [7, 11) is -3.07. The second-order valence-corrected chi connectivity index (χ2v) is 6.24. The van der Waals surface area contributed by atoms with Crippen molar-refractivity contribution in [2.24, 2.45) is 0 Å². The van der Waals surface area contributed by atoms with Crippen LogP contribution in [0.25, 0.3) is 0 Å². The number of halogens is 3. The molecule has 1 rings (SSSR count). The van der Waals surface area contributed by atoms with Gasteiger partial charge in [-0.1, -0.05) is 12.1 Å². The van der Waals surface area contributed by atoms with Gasteiger partial charge in [-0.2, -0.15) is 0 Å². The molecule has 0 aliphatic rings. The first-order valence-corrected chi connectivity index (χ1v) is 7.35. The van der Waals surface area contributed by atoms with Crippen molar-refractivity contribution < 1.29 is 77.5 Å². The topological polar surface area (TPSA) is 43.4 Å². The molecule has 102 valence electrons. The average molecular weight is 320 g/mol. The SMILES string of the molecule is CS(=O)(=O)CCCOc1cccc([B-](F)(F)F)c1.[K+]. The van der Waals surface area contributed by atoms with Crippen LogP contribution in [0.5, 0.6) is 5.75 Å². The Morgan fingerprint density at radius 1 is 1.26 bits per heavy atom. The van der Waals surface area contributed by atoms with Crippen LogP contribution in [-0.2, 0) is 9.84 Å². The first kappa shape index (κ1) is 19.5. The van der Waals surface area contributed by atoms with E-state index in [2.05, 4.69) is 0 Å². The van der Waals surface area contributed by atoms with Crippen LogP contribution in [0.2, 0.25) is 0 Å². The van der Waals surface area contributed by atoms with Crippen LogP contribution < -0.4 is 61.6 Å². The molecule has 3 nitrogen and oxygen atoms in total. The normalized spacial score (nSPS) is 11.8. The van der Waals surface area contributed by atoms with Gasteiger partial charge >= 0.3 is 58.4 Å². The quantitative estimate of drug-likeness (QED) is 0.476. The maximum Gasteiger partial charge on any atom is 1.00 e. The van der Waals surface area contributed by atoms with Crippen molar-refractivity contribution in [3.8, 4) is 5.75 Å². The third-order valence-corrected chi connectivity index (χ3v) is 3.19. The van der Waals surface area contributed by atoms with Crippen molar-refractivity contribution in [1.29, 1.82) is 0 Å². The van der Waals surface area contributed by atoms with Crippen LogP contribution in [0, 0.1) is 0 Å². The summed E-state index contributed by atoms with van der Waals surface area (Å²) in [6, 6.07) is 4.56. The zero-order valence-electron chi connectivity index (χ0n) is 10.8. The van der Waals surface area contributed by atoms with Crippen LogP contribution in [-0.4, -0.2) is 34.0 Å². The number of rotatable bonds is 6. The molecular formula is C10H13BF3KO3S. The summed E-state index contributed by atoms with van der Waals surface area (Å²) in [5.41, 5.74) is -0.726. The van der Waals surface area contributed by atoms with Gasteiger partial charge in [-0.3, -0.25) is 0 Å². The van der Waals surface area contributed by atoms with E-state index in [1.54, 1.807) is 0 Å². The second-order valence-electron chi connectivity index (χ2n) is 3.98. The van der Waals surface area contributed by atoms with E-state index in [0.717, 1.165) is 18.4 Å². The summed E-state index contributed by atoms with van der Waals surface area (Å²) in [5.74, 6) is 0.0517. The molecule has 0 unspecified atom stereocenters. The molecule has 1 aromatic carbocycles. The molecule has 0 bridgehead atoms. The first-order chi connectivity index (χ1) is 8.18. The van der Waals surface area contributed by atoms with Gasteiger partial charge in [0, 0.05) is 6.26 Å². The zero-order valence-corrected chi connectivity index (χ0v) is 14.7. The Bertz CT molecular complexity index is 505. The Balaban J connectivity index is 0.00000324. The van der Waals surface area contributed by atoms with Crippen LogP contribution in [0.3, 0.4) is 0 Å². The van der Waals surface area contributed by atoms with Crippen LogP contribution in [0.1, 0.15) is 6.42 Å². The summed E-state index contributed by atoms with van der Waals surface area (Å²) in [6.45, 7) is -4.97. The van der Waals surface area contributed by atoms with Gasteiger partial charge in [0.2, 0.25) is 0 Å². The molecule has 0 spiro atoms. The Morgan fingerprint density at radius 3 is 2.42 bits per heavy atom. The number of hydrogen-bond donors (Lipinski definition) is 0. The van der Waals surface area contributed by atoms with E-state index in [1.165, 1.54) is 12.1 Å². The van der Waals surface area contributed by atoms with Gasteiger partial charge in [0.05, 0.1) is 12.4 Å². The van der Waals surface area contributed by atoms with Crippen molar-refractivity contribution in [2.75, 3.05) is 18.6 Å². The van der Waals surface area contributed by atoms with E-state index in [1.807, 2.05) is 0 Å². The third kappa shape index (κ3) is 8.36. The second kappa shape index (κ2) is 8.04. The third-order valence-electron chi connectivity index (χ3n) is 2.16. The zero-order chi connectivity index (χ0) is 13.8. The van der Waals surface area contributed by atoms with E-state index in [0.29, 0.717) is 0 Å². The van der Waals surface area contributed by atoms with Crippen LogP contribution in [0.15, 0.2) is 24.3 Å². The minimum atomic E-state index is -5.04. The maximum absolute atomic E-state index is 12.4. The van der Waals surface area contributed by atoms with Crippen molar-refractivity contribution >= 4 is 22.3 Å². The van der Waals surface area contributed by atoms with E-state index >= 15 is 0 Å². The molecule has 1 aromatic rings. The number of hydrogen-bond acceptors (Lipinski definition) is 3. The van der Waals surface area contributed by atoms with E-state index < -0.39 is 22.3 Å². The summed E-state index contributed by atoms with van der Waals surface area (Å²) >= 11 is 0. The molecule has 0 atom stereocenters. The fraction of sp³-hybridized carbons (Fsp3) is 0.400. The van der Waals surface area contributed by atoms with Gasteiger partial charge in [0.25, 0.3) is 0 Å². The predicted molar refractivity (Wildman–Crippen MR) is 65.0 cm³/mol. The average Bonchev–Trinajstić information content (AvgIpc) is 2.22. The number of sulfone groups is 1. The summed E-state index contributed by atoms with van der Waals surface area (Å²) in [4.78, 5) is 0. The molecule has 0 N–H and O–H groups in total. The number of benzene rings is 1. The number of ether oxygens (including phenoxy) is 1. The fourth-order valence-corrected chi connectivity index (χ4v) is 1.96. The van der Waals surface area contributed by atoms with Gasteiger partial charge in [-0.15, -0.1) is 5.46 Å². The van der Waals surface area contributed by atoms with Crippen molar-refractivity contribution in [1.82, 2.24) is 0 Å². The minimum absolute atomic E-state index is 0. The molecule has 0 aromatic heterocycles. The minimum Gasteiger partial charge on any atom is -0.494 e. The molecular weight excluding hydrogens is 307 g/mol. The summed E-state index contributed by atoms with van der Waals surface area (Å²) in [6.07, 6.45) is 1.35. The van der Waals surface area contributed by atoms with Gasteiger partial charge in [0.15, 0.2) is 0 Å². The molecule has 9 heteroatoms. The first-order valence-electron chi connectivity index (χ1n) is 5.29. The largest absolute Gasteiger partial charge is 1.00 e. The predicted octanol–water partition coefficient (Wildman–Crippen LogP) is -1.44. The van der Waals surface area contributed by atoms with Gasteiger partial charge < -0.3 is 17.7 Å². The Morgan fingerprint density at radius 2 is 1.89 bits per heavy atom. The molecule has 0 saturated heterocycles. The maximum atomic E-state index is 12.4. The molecule has 0 radical (unpaired) electrons. The monoisotopic (exact) mass is 320 g/mol. The van der Waals surface area contributed by atoms with Crippen LogP contribution in [0.4, 0.5) is 12.9 Å². The van der Waals surface area contributed by atoms with E-state index in [4.69, 9.17) is 4.74 Å². The molecule has 0 heterocycles. The van der Waals surface area contributed by atoms with Crippen molar-refractivity contribution in [3.63, 3.8) is 0 Å². The molecule has 19 heavy (non-hydrogen) atoms. The molecule has 0 aliphatic heterocycles. The van der Waals surface area contributed by atoms with E-state index in [-0.39, 0.29) is 75.9 Å². The molecule has 0 aliphatic carbocycles. The van der Waals surface area contributed by atoms with Crippen molar-refractivity contribution in [2.45, 2.75) is 6.42 Å².